The lowest BCUT2D eigenvalue weighted by molar-refractivity contribution is 0.0941. The van der Waals surface area contributed by atoms with Crippen molar-refractivity contribution in [2.24, 2.45) is 0 Å². The van der Waals surface area contributed by atoms with E-state index in [2.05, 4.69) is 5.32 Å². The van der Waals surface area contributed by atoms with E-state index in [4.69, 9.17) is 11.6 Å². The molecule has 1 aromatic rings. The van der Waals surface area contributed by atoms with Crippen LogP contribution in [0.3, 0.4) is 0 Å². The molecule has 2 rings (SSSR count). The maximum atomic E-state index is 11.8. The molecule has 6 heteroatoms. The molecule has 1 amide bonds. The average molecular weight is 274 g/mol. The summed E-state index contributed by atoms with van der Waals surface area (Å²) in [6.45, 7) is 0. The number of rotatable bonds is 2. The maximum Gasteiger partial charge on any atom is 0.251 e. The molecule has 1 aliphatic heterocycles. The lowest BCUT2D eigenvalue weighted by Crippen LogP contribution is -2.35. The molecule has 1 aliphatic rings. The van der Waals surface area contributed by atoms with Gasteiger partial charge in [-0.3, -0.25) is 4.79 Å². The van der Waals surface area contributed by atoms with Crippen molar-refractivity contribution in [2.75, 3.05) is 11.5 Å². The van der Waals surface area contributed by atoms with E-state index in [9.17, 15) is 13.2 Å². The van der Waals surface area contributed by atoms with Crippen molar-refractivity contribution >= 4 is 27.3 Å². The van der Waals surface area contributed by atoms with Crippen LogP contribution in [-0.2, 0) is 9.84 Å². The monoisotopic (exact) mass is 273 g/mol. The summed E-state index contributed by atoms with van der Waals surface area (Å²) in [6.07, 6.45) is 0.488. The largest absolute Gasteiger partial charge is 0.348 e. The molecule has 1 fully saturated rings. The first-order chi connectivity index (χ1) is 7.96. The smallest absolute Gasteiger partial charge is 0.251 e. The zero-order valence-electron chi connectivity index (χ0n) is 9.02. The van der Waals surface area contributed by atoms with E-state index < -0.39 is 9.84 Å². The van der Waals surface area contributed by atoms with Crippen molar-refractivity contribution in [1.82, 2.24) is 5.32 Å². The fourth-order valence-corrected chi connectivity index (χ4v) is 3.58. The first-order valence-electron chi connectivity index (χ1n) is 5.23. The average Bonchev–Trinajstić information content (AvgIpc) is 2.59. The number of nitrogens with one attached hydrogen (secondary N) is 1. The van der Waals surface area contributed by atoms with Gasteiger partial charge in [0.2, 0.25) is 0 Å². The molecule has 4 nitrogen and oxygen atoms in total. The van der Waals surface area contributed by atoms with Crippen LogP contribution in [0.4, 0.5) is 0 Å². The molecule has 1 saturated heterocycles. The first kappa shape index (κ1) is 12.4. The highest BCUT2D eigenvalue weighted by Gasteiger charge is 2.28. The fourth-order valence-electron chi connectivity index (χ4n) is 1.78. The summed E-state index contributed by atoms with van der Waals surface area (Å²) in [6, 6.07) is 6.20. The highest BCUT2D eigenvalue weighted by atomic mass is 35.5. The highest BCUT2D eigenvalue weighted by molar-refractivity contribution is 7.91. The van der Waals surface area contributed by atoms with Crippen LogP contribution in [0.2, 0.25) is 5.02 Å². The third-order valence-corrected chi connectivity index (χ3v) is 4.69. The van der Waals surface area contributed by atoms with Gasteiger partial charge in [0.05, 0.1) is 11.5 Å². The number of halogens is 1. The molecule has 0 aromatic heterocycles. The summed E-state index contributed by atoms with van der Waals surface area (Å²) in [5.41, 5.74) is 0.485. The fraction of sp³-hybridized carbons (Fsp3) is 0.364. The van der Waals surface area contributed by atoms with Gasteiger partial charge in [0.15, 0.2) is 9.84 Å². The van der Waals surface area contributed by atoms with Gasteiger partial charge in [-0.1, -0.05) is 11.6 Å². The predicted molar refractivity (Wildman–Crippen MR) is 66.0 cm³/mol. The SMILES string of the molecule is O=C(N[C@@H]1CCS(=O)(=O)C1)c1ccc(Cl)cc1. The van der Waals surface area contributed by atoms with Gasteiger partial charge < -0.3 is 5.32 Å². The van der Waals surface area contributed by atoms with Gasteiger partial charge in [-0.25, -0.2) is 8.42 Å². The molecule has 0 radical (unpaired) electrons. The Balaban J connectivity index is 2.01. The number of hydrogen-bond donors (Lipinski definition) is 1. The van der Waals surface area contributed by atoms with Crippen LogP contribution in [0.5, 0.6) is 0 Å². The summed E-state index contributed by atoms with van der Waals surface area (Å²) < 4.78 is 22.5. The van der Waals surface area contributed by atoms with Gasteiger partial charge in [0.25, 0.3) is 5.91 Å². The van der Waals surface area contributed by atoms with Crippen LogP contribution in [0.15, 0.2) is 24.3 Å². The van der Waals surface area contributed by atoms with Crippen LogP contribution in [-0.4, -0.2) is 31.9 Å². The molecule has 0 saturated carbocycles. The van der Waals surface area contributed by atoms with Crippen molar-refractivity contribution in [3.8, 4) is 0 Å². The lowest BCUT2D eigenvalue weighted by Gasteiger charge is -2.10. The summed E-state index contributed by atoms with van der Waals surface area (Å²) in [5, 5.41) is 3.27. The Morgan fingerprint density at radius 2 is 1.94 bits per heavy atom. The minimum atomic E-state index is -2.97. The number of hydrogen-bond acceptors (Lipinski definition) is 3. The number of amides is 1. The van der Waals surface area contributed by atoms with E-state index in [0.717, 1.165) is 0 Å². The van der Waals surface area contributed by atoms with Crippen molar-refractivity contribution in [1.29, 1.82) is 0 Å². The van der Waals surface area contributed by atoms with Crippen molar-refractivity contribution in [3.05, 3.63) is 34.9 Å². The molecule has 0 spiro atoms. The second-order valence-electron chi connectivity index (χ2n) is 4.08. The second kappa shape index (κ2) is 4.66. The molecule has 92 valence electrons. The Hall–Kier alpha value is -1.07. The first-order valence-corrected chi connectivity index (χ1v) is 7.43. The highest BCUT2D eigenvalue weighted by Crippen LogP contribution is 2.13. The number of carbonyl (C=O) groups excluding carboxylic acids is 1. The standard InChI is InChI=1S/C11H12ClNO3S/c12-9-3-1-8(2-4-9)11(14)13-10-5-6-17(15,16)7-10/h1-4,10H,5-7H2,(H,13,14)/t10-/m1/s1. The van der Waals surface area contributed by atoms with Gasteiger partial charge in [-0.15, -0.1) is 0 Å². The van der Waals surface area contributed by atoms with E-state index in [1.807, 2.05) is 0 Å². The third kappa shape index (κ3) is 3.20. The normalized spacial score (nSPS) is 22.3. The zero-order chi connectivity index (χ0) is 12.5. The van der Waals surface area contributed by atoms with Gasteiger partial charge >= 0.3 is 0 Å². The Bertz CT molecular complexity index is 524. The molecular formula is C11H12ClNO3S. The van der Waals surface area contributed by atoms with E-state index >= 15 is 0 Å². The maximum absolute atomic E-state index is 11.8. The number of carbonyl (C=O) groups is 1. The van der Waals surface area contributed by atoms with Gasteiger partial charge in [0.1, 0.15) is 0 Å². The minimum Gasteiger partial charge on any atom is -0.348 e. The Morgan fingerprint density at radius 3 is 2.47 bits per heavy atom. The molecule has 1 atom stereocenters. The topological polar surface area (TPSA) is 63.2 Å². The Labute approximate surface area is 105 Å². The zero-order valence-corrected chi connectivity index (χ0v) is 10.6. The summed E-state index contributed by atoms with van der Waals surface area (Å²) >= 11 is 5.71. The van der Waals surface area contributed by atoms with Crippen molar-refractivity contribution < 1.29 is 13.2 Å². The van der Waals surface area contributed by atoms with E-state index in [1.165, 1.54) is 0 Å². The summed E-state index contributed by atoms with van der Waals surface area (Å²) in [7, 11) is -2.97. The quantitative estimate of drug-likeness (QED) is 0.882. The van der Waals surface area contributed by atoms with Crippen LogP contribution < -0.4 is 5.32 Å². The molecule has 1 heterocycles. The Kier molecular flexibility index (Phi) is 3.40. The molecule has 0 bridgehead atoms. The minimum absolute atomic E-state index is 0.0341. The van der Waals surface area contributed by atoms with Crippen molar-refractivity contribution in [3.63, 3.8) is 0 Å². The third-order valence-electron chi connectivity index (χ3n) is 2.67. The molecule has 0 unspecified atom stereocenters. The lowest BCUT2D eigenvalue weighted by atomic mass is 10.2. The van der Waals surface area contributed by atoms with Crippen LogP contribution >= 0.6 is 11.6 Å². The summed E-state index contributed by atoms with van der Waals surface area (Å²) in [5.74, 6) is -0.0750. The van der Waals surface area contributed by atoms with Crippen LogP contribution in [0.25, 0.3) is 0 Å². The van der Waals surface area contributed by atoms with Gasteiger partial charge in [-0.2, -0.15) is 0 Å². The second-order valence-corrected chi connectivity index (χ2v) is 6.75. The van der Waals surface area contributed by atoms with E-state index in [0.29, 0.717) is 17.0 Å². The number of benzene rings is 1. The van der Waals surface area contributed by atoms with E-state index in [1.54, 1.807) is 24.3 Å². The molecule has 1 N–H and O–H groups in total. The summed E-state index contributed by atoms with van der Waals surface area (Å²) in [4.78, 5) is 11.8. The predicted octanol–water partition coefficient (Wildman–Crippen LogP) is 1.26. The molecular weight excluding hydrogens is 262 g/mol. The van der Waals surface area contributed by atoms with Gasteiger partial charge in [0, 0.05) is 16.6 Å². The van der Waals surface area contributed by atoms with Crippen LogP contribution in [0, 0.1) is 0 Å². The molecule has 1 aromatic carbocycles. The van der Waals surface area contributed by atoms with Crippen molar-refractivity contribution in [2.45, 2.75) is 12.5 Å². The number of sulfone groups is 1. The van der Waals surface area contributed by atoms with Gasteiger partial charge in [-0.05, 0) is 30.7 Å². The van der Waals surface area contributed by atoms with E-state index in [-0.39, 0.29) is 23.5 Å². The molecule has 0 aliphatic carbocycles. The molecule has 17 heavy (non-hydrogen) atoms. The Morgan fingerprint density at radius 1 is 1.29 bits per heavy atom. The van der Waals surface area contributed by atoms with Crippen LogP contribution in [0.1, 0.15) is 16.8 Å².